The summed E-state index contributed by atoms with van der Waals surface area (Å²) in [6, 6.07) is 0. The molecule has 2 N–H and O–H groups in total. The number of carbonyl (C=O) groups is 2. The Bertz CT molecular complexity index is 469. The summed E-state index contributed by atoms with van der Waals surface area (Å²) in [5.74, 6) is -2.34. The number of carbonyl (C=O) groups excluding carboxylic acids is 1. The molecule has 0 aromatic carbocycles. The Morgan fingerprint density at radius 3 is 2.32 bits per heavy atom. The zero-order chi connectivity index (χ0) is 19.6. The standard InChI is InChI=1S/C9H16O2.C4H3F3O2.C3H4N2/c1-2-3-4-5-6-7-8-9(10)11;1-2-3(8)9-4(5,6)7;1-2-5-3-4-1/h7-8H,2-6H2,1H3,(H,10,11);2H,1H2;1-3H,(H,4,5). The summed E-state index contributed by atoms with van der Waals surface area (Å²) in [4.78, 5) is 26.2. The molecule has 0 aliphatic heterocycles. The van der Waals surface area contributed by atoms with Gasteiger partial charge in [0.1, 0.15) is 0 Å². The monoisotopic (exact) mass is 364 g/mol. The predicted molar refractivity (Wildman–Crippen MR) is 86.5 cm³/mol. The number of aliphatic carboxylic acids is 1. The molecular weight excluding hydrogens is 341 g/mol. The first-order valence-electron chi connectivity index (χ1n) is 7.47. The van der Waals surface area contributed by atoms with Crippen molar-refractivity contribution in [2.45, 2.75) is 45.4 Å². The van der Waals surface area contributed by atoms with Gasteiger partial charge in [-0.25, -0.2) is 14.6 Å². The van der Waals surface area contributed by atoms with Crippen LogP contribution in [0.3, 0.4) is 0 Å². The number of nitrogens with zero attached hydrogens (tertiary/aromatic N) is 1. The highest BCUT2D eigenvalue weighted by molar-refractivity contribution is 5.81. The lowest BCUT2D eigenvalue weighted by Gasteiger charge is -2.02. The van der Waals surface area contributed by atoms with Crippen molar-refractivity contribution in [2.75, 3.05) is 0 Å². The second-order valence-electron chi connectivity index (χ2n) is 4.42. The lowest BCUT2D eigenvalue weighted by Crippen LogP contribution is -2.17. The number of imidazole rings is 1. The fourth-order valence-electron chi connectivity index (χ4n) is 1.24. The zero-order valence-corrected chi connectivity index (χ0v) is 14.0. The molecule has 0 aliphatic carbocycles. The van der Waals surface area contributed by atoms with Crippen molar-refractivity contribution in [3.8, 4) is 0 Å². The second kappa shape index (κ2) is 16.3. The number of rotatable bonds is 7. The average Bonchev–Trinajstić information content (AvgIpc) is 3.09. The van der Waals surface area contributed by atoms with Crippen LogP contribution in [0.15, 0.2) is 43.5 Å². The molecule has 0 aliphatic rings. The number of nitrogens with one attached hydrogen (secondary N) is 1. The van der Waals surface area contributed by atoms with Gasteiger partial charge in [0, 0.05) is 24.5 Å². The highest BCUT2D eigenvalue weighted by atomic mass is 19.4. The summed E-state index contributed by atoms with van der Waals surface area (Å²) in [6.07, 6.45) is 9.25. The number of alkyl halides is 3. The lowest BCUT2D eigenvalue weighted by atomic mass is 10.1. The van der Waals surface area contributed by atoms with Crippen molar-refractivity contribution in [1.82, 2.24) is 9.97 Å². The van der Waals surface area contributed by atoms with E-state index in [1.54, 1.807) is 24.8 Å². The first-order valence-corrected chi connectivity index (χ1v) is 7.47. The number of unbranched alkanes of at least 4 members (excludes halogenated alkanes) is 4. The lowest BCUT2D eigenvalue weighted by molar-refractivity contribution is -0.302. The van der Waals surface area contributed by atoms with E-state index in [1.807, 2.05) is 0 Å². The fraction of sp³-hybridized carbons (Fsp3) is 0.438. The minimum Gasteiger partial charge on any atom is -0.478 e. The van der Waals surface area contributed by atoms with Crippen LogP contribution < -0.4 is 0 Å². The van der Waals surface area contributed by atoms with Gasteiger partial charge in [-0.2, -0.15) is 0 Å². The summed E-state index contributed by atoms with van der Waals surface area (Å²) >= 11 is 0. The van der Waals surface area contributed by atoms with Crippen LogP contribution in [0.4, 0.5) is 13.2 Å². The van der Waals surface area contributed by atoms with Gasteiger partial charge in [-0.15, -0.1) is 13.2 Å². The van der Waals surface area contributed by atoms with E-state index in [0.717, 1.165) is 12.8 Å². The largest absolute Gasteiger partial charge is 0.575 e. The Hall–Kier alpha value is -2.58. The van der Waals surface area contributed by atoms with Gasteiger partial charge < -0.3 is 14.8 Å². The number of hydrogen-bond acceptors (Lipinski definition) is 4. The predicted octanol–water partition coefficient (Wildman–Crippen LogP) is 4.24. The Morgan fingerprint density at radius 1 is 1.32 bits per heavy atom. The van der Waals surface area contributed by atoms with Crippen LogP contribution >= 0.6 is 0 Å². The molecule has 0 bridgehead atoms. The van der Waals surface area contributed by atoms with Crippen LogP contribution in [-0.4, -0.2) is 33.4 Å². The summed E-state index contributed by atoms with van der Waals surface area (Å²) < 4.78 is 35.8. The molecule has 0 atom stereocenters. The van der Waals surface area contributed by atoms with E-state index in [2.05, 4.69) is 28.2 Å². The minimum atomic E-state index is -4.90. The number of halogens is 3. The topological polar surface area (TPSA) is 92.3 Å². The molecule has 0 radical (unpaired) electrons. The van der Waals surface area contributed by atoms with E-state index in [9.17, 15) is 22.8 Å². The van der Waals surface area contributed by atoms with Crippen molar-refractivity contribution in [1.29, 1.82) is 0 Å². The van der Waals surface area contributed by atoms with Crippen LogP contribution in [0.2, 0.25) is 0 Å². The van der Waals surface area contributed by atoms with Crippen molar-refractivity contribution in [3.05, 3.63) is 43.5 Å². The van der Waals surface area contributed by atoms with E-state index >= 15 is 0 Å². The van der Waals surface area contributed by atoms with E-state index in [1.165, 1.54) is 25.3 Å². The van der Waals surface area contributed by atoms with Crippen LogP contribution in [0.1, 0.15) is 39.0 Å². The summed E-state index contributed by atoms with van der Waals surface area (Å²) in [6.45, 7) is 4.93. The maximum absolute atomic E-state index is 11.0. The van der Waals surface area contributed by atoms with Gasteiger partial charge in [-0.1, -0.05) is 38.8 Å². The van der Waals surface area contributed by atoms with Crippen molar-refractivity contribution >= 4 is 11.9 Å². The molecule has 1 aromatic heterocycles. The van der Waals surface area contributed by atoms with Crippen LogP contribution in [0.25, 0.3) is 0 Å². The first-order chi connectivity index (χ1) is 11.7. The molecule has 1 aromatic rings. The maximum atomic E-state index is 11.0. The quantitative estimate of drug-likeness (QED) is 0.429. The molecule has 9 heteroatoms. The third-order valence-electron chi connectivity index (χ3n) is 2.27. The van der Waals surface area contributed by atoms with Crippen molar-refractivity contribution in [3.63, 3.8) is 0 Å². The number of esters is 1. The highest BCUT2D eigenvalue weighted by Crippen LogP contribution is 2.15. The Balaban J connectivity index is 0. The number of allylic oxidation sites excluding steroid dienone is 1. The number of H-pyrrole nitrogens is 1. The van der Waals surface area contributed by atoms with Crippen LogP contribution in [0.5, 0.6) is 0 Å². The van der Waals surface area contributed by atoms with Crippen LogP contribution in [-0.2, 0) is 14.3 Å². The molecule has 6 nitrogen and oxygen atoms in total. The molecule has 1 heterocycles. The molecule has 25 heavy (non-hydrogen) atoms. The molecule has 0 amide bonds. The number of hydrogen-bond donors (Lipinski definition) is 2. The maximum Gasteiger partial charge on any atom is 0.575 e. The van der Waals surface area contributed by atoms with Gasteiger partial charge in [0.25, 0.3) is 0 Å². The molecule has 0 spiro atoms. The SMILES string of the molecule is C=CC(=O)OC(F)(F)F.CCCCCCC=CC(=O)O.c1c[nH]cn1. The zero-order valence-electron chi connectivity index (χ0n) is 14.0. The van der Waals surface area contributed by atoms with Gasteiger partial charge in [0.2, 0.25) is 0 Å². The van der Waals surface area contributed by atoms with E-state index in [0.29, 0.717) is 6.08 Å². The molecule has 0 saturated heterocycles. The normalized spacial score (nSPS) is 10.1. The van der Waals surface area contributed by atoms with E-state index in [4.69, 9.17) is 5.11 Å². The Morgan fingerprint density at radius 2 is 2.00 bits per heavy atom. The third-order valence-corrected chi connectivity index (χ3v) is 2.27. The van der Waals surface area contributed by atoms with Gasteiger partial charge >= 0.3 is 18.3 Å². The number of aromatic nitrogens is 2. The molecule has 0 fully saturated rings. The number of carboxylic acid groups (broad SMARTS) is 1. The Kier molecular flexibility index (Phi) is 16.1. The average molecular weight is 364 g/mol. The molecule has 142 valence electrons. The molecular formula is C16H23F3N2O4. The molecule has 0 saturated carbocycles. The number of carboxylic acids is 1. The van der Waals surface area contributed by atoms with Crippen molar-refractivity contribution in [2.24, 2.45) is 0 Å². The smallest absolute Gasteiger partial charge is 0.478 e. The van der Waals surface area contributed by atoms with Gasteiger partial charge in [-0.05, 0) is 12.8 Å². The highest BCUT2D eigenvalue weighted by Gasteiger charge is 2.32. The molecule has 0 unspecified atom stereocenters. The third kappa shape index (κ3) is 26.6. The first kappa shape index (κ1) is 24.7. The van der Waals surface area contributed by atoms with Gasteiger partial charge in [-0.3, -0.25) is 0 Å². The Labute approximate surface area is 144 Å². The van der Waals surface area contributed by atoms with Gasteiger partial charge in [0.15, 0.2) is 0 Å². The fourth-order valence-corrected chi connectivity index (χ4v) is 1.24. The van der Waals surface area contributed by atoms with Crippen LogP contribution in [0, 0.1) is 0 Å². The van der Waals surface area contributed by atoms with Gasteiger partial charge in [0.05, 0.1) is 6.33 Å². The second-order valence-corrected chi connectivity index (χ2v) is 4.42. The number of aromatic amines is 1. The molecule has 1 rings (SSSR count). The van der Waals surface area contributed by atoms with Crippen molar-refractivity contribution < 1.29 is 32.6 Å². The van der Waals surface area contributed by atoms with E-state index < -0.39 is 18.3 Å². The minimum absolute atomic E-state index is 0.438. The summed E-state index contributed by atoms with van der Waals surface area (Å²) in [5.41, 5.74) is 0. The summed E-state index contributed by atoms with van der Waals surface area (Å²) in [5, 5.41) is 8.23. The number of ether oxygens (including phenoxy) is 1. The van der Waals surface area contributed by atoms with E-state index in [-0.39, 0.29) is 0 Å². The summed E-state index contributed by atoms with van der Waals surface area (Å²) in [7, 11) is 0.